The third kappa shape index (κ3) is 3.84. The summed E-state index contributed by atoms with van der Waals surface area (Å²) in [6.07, 6.45) is 0.612. The first kappa shape index (κ1) is 19.1. The fourth-order valence-corrected chi connectivity index (χ4v) is 4.61. The molecule has 0 aliphatic rings. The fourth-order valence-electron chi connectivity index (χ4n) is 3.56. The van der Waals surface area contributed by atoms with Crippen molar-refractivity contribution in [1.29, 1.82) is 0 Å². The fraction of sp³-hybridized carbons (Fsp3) is 0.174. The Kier molecular flexibility index (Phi) is 5.27. The molecule has 1 amide bonds. The number of carbonyl (C=O) groups excluding carboxylic acids is 1. The maximum atomic E-state index is 13.5. The molecule has 4 rings (SSSR count). The number of amides is 1. The first-order valence-electron chi connectivity index (χ1n) is 9.45. The van der Waals surface area contributed by atoms with Gasteiger partial charge in [0.2, 0.25) is 5.91 Å². The SMILES string of the molecule is Cc1sc2nc(Cc3ccccc3)n(CCC(N)=O)c(=O)c2c1-c1ccccc1. The third-order valence-electron chi connectivity index (χ3n) is 4.92. The Morgan fingerprint density at radius 2 is 1.72 bits per heavy atom. The molecule has 0 aliphatic carbocycles. The number of nitrogens with zero attached hydrogens (tertiary/aromatic N) is 2. The Labute approximate surface area is 172 Å². The standard InChI is InChI=1S/C23H21N3O2S/c1-15-20(17-10-6-3-7-11-17)21-22(29-15)25-19(14-16-8-4-2-5-9-16)26(23(21)28)13-12-18(24)27/h2-11H,12-14H2,1H3,(H2,24,27). The second-order valence-corrected chi connectivity index (χ2v) is 8.15. The second kappa shape index (κ2) is 8.01. The molecule has 0 fully saturated rings. The topological polar surface area (TPSA) is 78.0 Å². The zero-order valence-electron chi connectivity index (χ0n) is 16.1. The van der Waals surface area contributed by atoms with E-state index < -0.39 is 5.91 Å². The van der Waals surface area contributed by atoms with Crippen molar-refractivity contribution in [2.24, 2.45) is 5.73 Å². The lowest BCUT2D eigenvalue weighted by molar-refractivity contribution is -0.118. The minimum Gasteiger partial charge on any atom is -0.370 e. The highest BCUT2D eigenvalue weighted by molar-refractivity contribution is 7.19. The summed E-state index contributed by atoms with van der Waals surface area (Å²) in [5.41, 5.74) is 8.21. The Balaban J connectivity index is 1.93. The van der Waals surface area contributed by atoms with Gasteiger partial charge in [0.1, 0.15) is 10.7 Å². The number of carbonyl (C=O) groups is 1. The zero-order chi connectivity index (χ0) is 20.4. The zero-order valence-corrected chi connectivity index (χ0v) is 16.9. The van der Waals surface area contributed by atoms with E-state index in [2.05, 4.69) is 0 Å². The van der Waals surface area contributed by atoms with E-state index in [-0.39, 0.29) is 18.5 Å². The molecular formula is C23H21N3O2S. The molecule has 0 saturated heterocycles. The van der Waals surface area contributed by atoms with Crippen LogP contribution in [0.4, 0.5) is 0 Å². The van der Waals surface area contributed by atoms with E-state index in [1.807, 2.05) is 67.6 Å². The van der Waals surface area contributed by atoms with Crippen LogP contribution in [0.25, 0.3) is 21.3 Å². The van der Waals surface area contributed by atoms with Gasteiger partial charge in [-0.15, -0.1) is 11.3 Å². The lowest BCUT2D eigenvalue weighted by atomic mass is 10.0. The molecule has 0 bridgehead atoms. The van der Waals surface area contributed by atoms with E-state index in [0.29, 0.717) is 17.6 Å². The summed E-state index contributed by atoms with van der Waals surface area (Å²) in [6, 6.07) is 19.8. The van der Waals surface area contributed by atoms with Gasteiger partial charge in [-0.3, -0.25) is 14.2 Å². The average molecular weight is 404 g/mol. The molecule has 0 aliphatic heterocycles. The van der Waals surface area contributed by atoms with Gasteiger partial charge in [0.25, 0.3) is 5.56 Å². The molecule has 0 radical (unpaired) electrons. The quantitative estimate of drug-likeness (QED) is 0.530. The summed E-state index contributed by atoms with van der Waals surface area (Å²) in [5, 5.41) is 0.611. The van der Waals surface area contributed by atoms with Crippen molar-refractivity contribution in [1.82, 2.24) is 9.55 Å². The van der Waals surface area contributed by atoms with E-state index in [0.717, 1.165) is 26.4 Å². The predicted molar refractivity (Wildman–Crippen MR) is 117 cm³/mol. The smallest absolute Gasteiger partial charge is 0.262 e. The van der Waals surface area contributed by atoms with Crippen LogP contribution in [0.2, 0.25) is 0 Å². The van der Waals surface area contributed by atoms with Crippen LogP contribution in [0.3, 0.4) is 0 Å². The Morgan fingerprint density at radius 1 is 1.07 bits per heavy atom. The number of primary amides is 1. The molecule has 4 aromatic rings. The number of thiophene rings is 1. The van der Waals surface area contributed by atoms with Crippen molar-refractivity contribution in [3.8, 4) is 11.1 Å². The average Bonchev–Trinajstić information content (AvgIpc) is 3.05. The van der Waals surface area contributed by atoms with Crippen molar-refractivity contribution in [3.63, 3.8) is 0 Å². The molecule has 0 spiro atoms. The van der Waals surface area contributed by atoms with Crippen molar-refractivity contribution in [2.75, 3.05) is 0 Å². The largest absolute Gasteiger partial charge is 0.370 e. The molecular weight excluding hydrogens is 382 g/mol. The van der Waals surface area contributed by atoms with Gasteiger partial charge in [-0.25, -0.2) is 4.98 Å². The number of nitrogens with two attached hydrogens (primary N) is 1. The van der Waals surface area contributed by atoms with Crippen LogP contribution in [-0.4, -0.2) is 15.5 Å². The maximum Gasteiger partial charge on any atom is 0.262 e. The normalized spacial score (nSPS) is 11.1. The van der Waals surface area contributed by atoms with Crippen LogP contribution in [0, 0.1) is 6.92 Å². The van der Waals surface area contributed by atoms with Crippen LogP contribution in [-0.2, 0) is 17.8 Å². The molecule has 2 aromatic carbocycles. The number of rotatable bonds is 6. The summed E-state index contributed by atoms with van der Waals surface area (Å²) >= 11 is 1.53. The van der Waals surface area contributed by atoms with Gasteiger partial charge in [0.05, 0.1) is 5.39 Å². The van der Waals surface area contributed by atoms with E-state index in [1.165, 1.54) is 11.3 Å². The van der Waals surface area contributed by atoms with E-state index in [9.17, 15) is 9.59 Å². The van der Waals surface area contributed by atoms with Crippen molar-refractivity contribution in [3.05, 3.63) is 87.3 Å². The van der Waals surface area contributed by atoms with Crippen LogP contribution in [0.1, 0.15) is 22.7 Å². The van der Waals surface area contributed by atoms with Crippen molar-refractivity contribution in [2.45, 2.75) is 26.3 Å². The number of benzene rings is 2. The number of aryl methyl sites for hydroxylation is 1. The molecule has 6 heteroatoms. The van der Waals surface area contributed by atoms with Crippen LogP contribution >= 0.6 is 11.3 Å². The van der Waals surface area contributed by atoms with Crippen LogP contribution < -0.4 is 11.3 Å². The monoisotopic (exact) mass is 403 g/mol. The Hall–Kier alpha value is -3.25. The first-order chi connectivity index (χ1) is 14.0. The number of hydrogen-bond acceptors (Lipinski definition) is 4. The minimum atomic E-state index is -0.438. The maximum absolute atomic E-state index is 13.5. The second-order valence-electron chi connectivity index (χ2n) is 6.94. The van der Waals surface area contributed by atoms with Gasteiger partial charge < -0.3 is 5.73 Å². The molecule has 0 saturated carbocycles. The highest BCUT2D eigenvalue weighted by Crippen LogP contribution is 2.35. The third-order valence-corrected chi connectivity index (χ3v) is 5.92. The lowest BCUT2D eigenvalue weighted by Gasteiger charge is -2.12. The predicted octanol–water partition coefficient (Wildman–Crippen LogP) is 3.90. The van der Waals surface area contributed by atoms with Crippen LogP contribution in [0.15, 0.2) is 65.5 Å². The first-order valence-corrected chi connectivity index (χ1v) is 10.3. The Morgan fingerprint density at radius 3 is 2.38 bits per heavy atom. The molecule has 0 atom stereocenters. The van der Waals surface area contributed by atoms with Gasteiger partial charge >= 0.3 is 0 Å². The van der Waals surface area contributed by atoms with Gasteiger partial charge in [0.15, 0.2) is 0 Å². The van der Waals surface area contributed by atoms with Gasteiger partial charge in [-0.2, -0.15) is 0 Å². The van der Waals surface area contributed by atoms with Gasteiger partial charge in [-0.1, -0.05) is 60.7 Å². The summed E-state index contributed by atoms with van der Waals surface area (Å²) in [5.74, 6) is 0.211. The van der Waals surface area contributed by atoms with Gasteiger partial charge in [-0.05, 0) is 18.1 Å². The molecule has 29 heavy (non-hydrogen) atoms. The van der Waals surface area contributed by atoms with Crippen molar-refractivity contribution < 1.29 is 4.79 Å². The minimum absolute atomic E-state index is 0.0959. The van der Waals surface area contributed by atoms with Gasteiger partial charge in [0, 0.05) is 29.8 Å². The number of fused-ring (bicyclic) bond motifs is 1. The summed E-state index contributed by atoms with van der Waals surface area (Å²) in [4.78, 5) is 31.6. The summed E-state index contributed by atoms with van der Waals surface area (Å²) in [6.45, 7) is 2.24. The van der Waals surface area contributed by atoms with Crippen molar-refractivity contribution >= 4 is 27.5 Å². The summed E-state index contributed by atoms with van der Waals surface area (Å²) in [7, 11) is 0. The molecule has 2 aromatic heterocycles. The molecule has 146 valence electrons. The number of aromatic nitrogens is 2. The Bertz CT molecular complexity index is 1230. The molecule has 0 unspecified atom stereocenters. The molecule has 2 N–H and O–H groups in total. The molecule has 2 heterocycles. The highest BCUT2D eigenvalue weighted by atomic mass is 32.1. The van der Waals surface area contributed by atoms with Crippen LogP contribution in [0.5, 0.6) is 0 Å². The highest BCUT2D eigenvalue weighted by Gasteiger charge is 2.20. The van der Waals surface area contributed by atoms with E-state index in [1.54, 1.807) is 4.57 Å². The van der Waals surface area contributed by atoms with E-state index >= 15 is 0 Å². The molecule has 5 nitrogen and oxygen atoms in total. The lowest BCUT2D eigenvalue weighted by Crippen LogP contribution is -2.27. The number of hydrogen-bond donors (Lipinski definition) is 1. The summed E-state index contributed by atoms with van der Waals surface area (Å²) < 4.78 is 1.61. The van der Waals surface area contributed by atoms with E-state index in [4.69, 9.17) is 10.7 Å².